The molecule has 0 aliphatic heterocycles. The molecule has 0 bridgehead atoms. The number of rotatable bonds is 2. The molecule has 95 valence electrons. The van der Waals surface area contributed by atoms with Crippen LogP contribution in [0.2, 0.25) is 0 Å². The molecule has 1 radical (unpaired) electrons. The first-order valence-electron chi connectivity index (χ1n) is 4.05. The predicted molar refractivity (Wildman–Crippen MR) is 47.1 cm³/mol. The molecule has 1 aromatic carbocycles. The summed E-state index contributed by atoms with van der Waals surface area (Å²) in [5.74, 6) is 0. The van der Waals surface area contributed by atoms with Crippen molar-refractivity contribution in [3.05, 3.63) is 30.3 Å². The van der Waals surface area contributed by atoms with Gasteiger partial charge in [0.05, 0.1) is 0 Å². The molecule has 0 amide bonds. The fourth-order valence-electron chi connectivity index (χ4n) is 0.878. The maximum absolute atomic E-state index is 13.2. The Labute approximate surface area is 95.8 Å². The molecule has 0 aliphatic rings. The number of thioether (sulfide) groups is 1. The van der Waals surface area contributed by atoms with Gasteiger partial charge in [0.2, 0.25) is 0 Å². The molecule has 0 aromatic heterocycles. The first-order chi connectivity index (χ1) is 7.58. The Kier molecular flexibility index (Phi) is 3.66. The van der Waals surface area contributed by atoms with E-state index in [0.29, 0.717) is 0 Å². The molecule has 1 aromatic rings. The Morgan fingerprint density at radius 1 is 0.824 bits per heavy atom. The van der Waals surface area contributed by atoms with Crippen molar-refractivity contribution < 1.29 is 30.7 Å². The highest BCUT2D eigenvalue weighted by molar-refractivity contribution is 8.00. The van der Waals surface area contributed by atoms with Gasteiger partial charge < -0.3 is 0 Å². The zero-order valence-electron chi connectivity index (χ0n) is 7.86. The van der Waals surface area contributed by atoms with Crippen LogP contribution in [0.5, 0.6) is 0 Å². The van der Waals surface area contributed by atoms with Crippen molar-refractivity contribution in [2.45, 2.75) is 22.2 Å². The number of hydrogen-bond donors (Lipinski definition) is 0. The Balaban J connectivity index is 3.11. The van der Waals surface area contributed by atoms with Gasteiger partial charge in [-0.25, -0.2) is 4.39 Å². The van der Waals surface area contributed by atoms with Crippen LogP contribution in [0.3, 0.4) is 0 Å². The third kappa shape index (κ3) is 2.85. The fourth-order valence-corrected chi connectivity index (χ4v) is 1.71. The molecule has 0 saturated carbocycles. The summed E-state index contributed by atoms with van der Waals surface area (Å²) < 4.78 is 86.2. The minimum absolute atomic E-state index is 0.485. The van der Waals surface area contributed by atoms with Gasteiger partial charge in [0.1, 0.15) is 0 Å². The van der Waals surface area contributed by atoms with Gasteiger partial charge in [-0.15, -0.1) is 0 Å². The van der Waals surface area contributed by atoms with Crippen molar-refractivity contribution in [1.82, 2.24) is 0 Å². The van der Waals surface area contributed by atoms with E-state index in [2.05, 4.69) is 6.07 Å². The molecule has 0 unspecified atom stereocenters. The van der Waals surface area contributed by atoms with Crippen molar-refractivity contribution >= 4 is 11.8 Å². The number of benzene rings is 1. The largest absolute Gasteiger partial charge is 0.441 e. The summed E-state index contributed by atoms with van der Waals surface area (Å²) in [5.41, 5.74) is 0. The van der Waals surface area contributed by atoms with Crippen LogP contribution in [0.4, 0.5) is 30.7 Å². The average Bonchev–Trinajstić information content (AvgIpc) is 2.15. The fraction of sp³-hybridized carbons (Fsp3) is 0.333. The van der Waals surface area contributed by atoms with Crippen molar-refractivity contribution in [3.63, 3.8) is 0 Å². The van der Waals surface area contributed by atoms with Gasteiger partial charge in [0.15, 0.2) is 0 Å². The zero-order valence-corrected chi connectivity index (χ0v) is 8.68. The van der Waals surface area contributed by atoms with E-state index in [1.807, 2.05) is 0 Å². The molecule has 8 heteroatoms. The highest BCUT2D eigenvalue weighted by atomic mass is 32.2. The molecule has 0 heterocycles. The van der Waals surface area contributed by atoms with Gasteiger partial charge in [-0.1, -0.05) is 23.9 Å². The van der Waals surface area contributed by atoms with Crippen LogP contribution in [-0.2, 0) is 0 Å². The van der Waals surface area contributed by atoms with Crippen molar-refractivity contribution in [1.29, 1.82) is 0 Å². The molecule has 0 spiro atoms. The van der Waals surface area contributed by atoms with Crippen LogP contribution in [0.25, 0.3) is 0 Å². The van der Waals surface area contributed by atoms with Crippen molar-refractivity contribution in [2.24, 2.45) is 0 Å². The quantitative estimate of drug-likeness (QED) is 0.571. The van der Waals surface area contributed by atoms with E-state index < -0.39 is 34.0 Å². The molecule has 0 atom stereocenters. The van der Waals surface area contributed by atoms with E-state index in [-0.39, 0.29) is 0 Å². The van der Waals surface area contributed by atoms with Crippen LogP contribution in [0, 0.1) is 6.07 Å². The maximum atomic E-state index is 13.2. The number of halogens is 7. The summed E-state index contributed by atoms with van der Waals surface area (Å²) in [4.78, 5) is -0.485. The minimum atomic E-state index is -6.05. The highest BCUT2D eigenvalue weighted by Gasteiger charge is 2.73. The first-order valence-corrected chi connectivity index (χ1v) is 4.87. The van der Waals surface area contributed by atoms with Crippen LogP contribution >= 0.6 is 11.8 Å². The molecule has 0 nitrogen and oxygen atoms in total. The Morgan fingerprint density at radius 3 is 1.59 bits per heavy atom. The third-order valence-electron chi connectivity index (χ3n) is 1.68. The molecule has 1 rings (SSSR count). The van der Waals surface area contributed by atoms with Crippen molar-refractivity contribution in [3.8, 4) is 0 Å². The topological polar surface area (TPSA) is 0 Å². The molecule has 0 fully saturated rings. The highest BCUT2D eigenvalue weighted by Crippen LogP contribution is 2.55. The SMILES string of the molecule is FC(F)(F)C(F)(Sc1cc[c]cc1)C(F)(F)F. The monoisotopic (exact) mass is 277 g/mol. The van der Waals surface area contributed by atoms with Gasteiger partial charge >= 0.3 is 17.4 Å². The molecular weight excluding hydrogens is 273 g/mol. The Bertz CT molecular complexity index is 353. The lowest BCUT2D eigenvalue weighted by Crippen LogP contribution is -2.50. The normalized spacial score (nSPS) is 13.8. The van der Waals surface area contributed by atoms with Crippen LogP contribution in [0.1, 0.15) is 0 Å². The summed E-state index contributed by atoms with van der Waals surface area (Å²) in [6.07, 6.45) is -12.1. The second-order valence-electron chi connectivity index (χ2n) is 2.93. The second kappa shape index (κ2) is 4.40. The van der Waals surface area contributed by atoms with E-state index in [1.54, 1.807) is 0 Å². The molecular formula is C9H4F7S. The standard InChI is InChI=1S/C9H4F7S/c10-7(8(11,12)13,9(14,15)16)17-6-4-2-1-3-5-6/h2-5H. The Hall–Kier alpha value is -0.920. The van der Waals surface area contributed by atoms with E-state index in [1.165, 1.54) is 0 Å². The van der Waals surface area contributed by atoms with Gasteiger partial charge in [0.25, 0.3) is 0 Å². The van der Waals surface area contributed by atoms with Gasteiger partial charge in [-0.2, -0.15) is 26.3 Å². The first kappa shape index (κ1) is 14.1. The van der Waals surface area contributed by atoms with Crippen LogP contribution in [-0.4, -0.2) is 17.4 Å². The van der Waals surface area contributed by atoms with Crippen LogP contribution in [0.15, 0.2) is 29.2 Å². The van der Waals surface area contributed by atoms with Crippen molar-refractivity contribution in [2.75, 3.05) is 0 Å². The lowest BCUT2D eigenvalue weighted by Gasteiger charge is -2.29. The average molecular weight is 277 g/mol. The third-order valence-corrected chi connectivity index (χ3v) is 2.93. The predicted octanol–water partition coefficient (Wildman–Crippen LogP) is 4.37. The smallest absolute Gasteiger partial charge is 0.211 e. The van der Waals surface area contributed by atoms with E-state index >= 15 is 0 Å². The van der Waals surface area contributed by atoms with E-state index in [9.17, 15) is 30.7 Å². The lowest BCUT2D eigenvalue weighted by molar-refractivity contribution is -0.302. The summed E-state index contributed by atoms with van der Waals surface area (Å²) in [6, 6.07) is 6.41. The molecule has 0 saturated heterocycles. The molecule has 0 aliphatic carbocycles. The summed E-state index contributed by atoms with van der Waals surface area (Å²) in [6.45, 7) is 0. The second-order valence-corrected chi connectivity index (χ2v) is 4.17. The van der Waals surface area contributed by atoms with E-state index in [0.717, 1.165) is 24.3 Å². The molecule has 0 N–H and O–H groups in total. The van der Waals surface area contributed by atoms with Gasteiger partial charge in [0, 0.05) is 4.90 Å². The Morgan fingerprint density at radius 2 is 1.24 bits per heavy atom. The lowest BCUT2D eigenvalue weighted by atomic mass is 10.3. The number of alkyl halides is 7. The van der Waals surface area contributed by atoms with Crippen LogP contribution < -0.4 is 0 Å². The number of hydrogen-bond acceptors (Lipinski definition) is 1. The van der Waals surface area contributed by atoms with Gasteiger partial charge in [-0.3, -0.25) is 0 Å². The van der Waals surface area contributed by atoms with Gasteiger partial charge in [-0.05, 0) is 18.2 Å². The summed E-state index contributed by atoms with van der Waals surface area (Å²) in [7, 11) is 0. The maximum Gasteiger partial charge on any atom is 0.441 e. The minimum Gasteiger partial charge on any atom is -0.211 e. The molecule has 17 heavy (non-hydrogen) atoms. The summed E-state index contributed by atoms with van der Waals surface area (Å²) in [5, 5.41) is -5.32. The zero-order chi connectivity index (χ0) is 13.3. The van der Waals surface area contributed by atoms with E-state index in [4.69, 9.17) is 0 Å². The summed E-state index contributed by atoms with van der Waals surface area (Å²) >= 11 is -0.932.